The molecule has 1 aromatic rings. The van der Waals surface area contributed by atoms with Crippen LogP contribution in [0.2, 0.25) is 0 Å². The van der Waals surface area contributed by atoms with Crippen LogP contribution in [0.15, 0.2) is 12.4 Å². The van der Waals surface area contributed by atoms with Gasteiger partial charge in [0, 0.05) is 31.3 Å². The Kier molecular flexibility index (Phi) is 2.04. The SMILES string of the molecule is Cn1cc(CNC(=O)C2CC2)cn1. The number of carbonyl (C=O) groups excluding carboxylic acids is 1. The number of aryl methyl sites for hydroxylation is 1. The van der Waals surface area contributed by atoms with E-state index in [-0.39, 0.29) is 11.8 Å². The minimum absolute atomic E-state index is 0.184. The first-order valence-corrected chi connectivity index (χ1v) is 4.51. The van der Waals surface area contributed by atoms with Gasteiger partial charge in [-0.25, -0.2) is 0 Å². The lowest BCUT2D eigenvalue weighted by atomic mass is 10.3. The molecule has 1 aromatic heterocycles. The molecule has 1 N–H and O–H groups in total. The van der Waals surface area contributed by atoms with Gasteiger partial charge in [-0.2, -0.15) is 5.10 Å². The average molecular weight is 179 g/mol. The number of aromatic nitrogens is 2. The lowest BCUT2D eigenvalue weighted by molar-refractivity contribution is -0.122. The lowest BCUT2D eigenvalue weighted by Crippen LogP contribution is -2.23. The molecule has 13 heavy (non-hydrogen) atoms. The normalized spacial score (nSPS) is 15.8. The fourth-order valence-electron chi connectivity index (χ4n) is 1.24. The first kappa shape index (κ1) is 8.29. The molecule has 0 aromatic carbocycles. The molecule has 70 valence electrons. The van der Waals surface area contributed by atoms with Crippen molar-refractivity contribution in [1.82, 2.24) is 15.1 Å². The maximum Gasteiger partial charge on any atom is 0.223 e. The maximum atomic E-state index is 11.2. The topological polar surface area (TPSA) is 46.9 Å². The molecule has 0 saturated heterocycles. The second-order valence-electron chi connectivity index (χ2n) is 3.51. The predicted molar refractivity (Wildman–Crippen MR) is 47.8 cm³/mol. The van der Waals surface area contributed by atoms with Gasteiger partial charge >= 0.3 is 0 Å². The zero-order valence-electron chi connectivity index (χ0n) is 7.66. The molecule has 1 saturated carbocycles. The van der Waals surface area contributed by atoms with Gasteiger partial charge < -0.3 is 5.32 Å². The highest BCUT2D eigenvalue weighted by Crippen LogP contribution is 2.28. The van der Waals surface area contributed by atoms with Crippen molar-refractivity contribution in [3.8, 4) is 0 Å². The molecule has 2 rings (SSSR count). The van der Waals surface area contributed by atoms with Gasteiger partial charge in [0.1, 0.15) is 0 Å². The third kappa shape index (κ3) is 2.08. The van der Waals surface area contributed by atoms with Crippen LogP contribution >= 0.6 is 0 Å². The van der Waals surface area contributed by atoms with Crippen molar-refractivity contribution >= 4 is 5.91 Å². The summed E-state index contributed by atoms with van der Waals surface area (Å²) < 4.78 is 1.73. The first-order valence-electron chi connectivity index (χ1n) is 4.51. The molecule has 0 bridgehead atoms. The van der Waals surface area contributed by atoms with Gasteiger partial charge in [0.2, 0.25) is 5.91 Å². The zero-order chi connectivity index (χ0) is 9.26. The molecule has 0 radical (unpaired) electrons. The molecular weight excluding hydrogens is 166 g/mol. The number of hydrogen-bond acceptors (Lipinski definition) is 2. The van der Waals surface area contributed by atoms with Crippen LogP contribution in [0.5, 0.6) is 0 Å². The van der Waals surface area contributed by atoms with E-state index in [0.29, 0.717) is 6.54 Å². The van der Waals surface area contributed by atoms with Gasteiger partial charge in [-0.15, -0.1) is 0 Å². The molecule has 4 nitrogen and oxygen atoms in total. The summed E-state index contributed by atoms with van der Waals surface area (Å²) in [6, 6.07) is 0. The fourth-order valence-corrected chi connectivity index (χ4v) is 1.24. The van der Waals surface area contributed by atoms with E-state index in [0.717, 1.165) is 18.4 Å². The molecular formula is C9H13N3O. The molecule has 0 aliphatic heterocycles. The highest BCUT2D eigenvalue weighted by Gasteiger charge is 2.29. The van der Waals surface area contributed by atoms with E-state index in [1.54, 1.807) is 10.9 Å². The summed E-state index contributed by atoms with van der Waals surface area (Å²) in [5.41, 5.74) is 1.05. The molecule has 1 heterocycles. The lowest BCUT2D eigenvalue weighted by Gasteiger charge is -2.00. The Morgan fingerprint density at radius 2 is 2.54 bits per heavy atom. The minimum atomic E-state index is 0.184. The summed E-state index contributed by atoms with van der Waals surface area (Å²) in [4.78, 5) is 11.2. The van der Waals surface area contributed by atoms with Gasteiger partial charge in [0.15, 0.2) is 0 Å². The van der Waals surface area contributed by atoms with Crippen LogP contribution in [0.25, 0.3) is 0 Å². The average Bonchev–Trinajstić information content (AvgIpc) is 2.87. The van der Waals surface area contributed by atoms with E-state index in [2.05, 4.69) is 10.4 Å². The highest BCUT2D eigenvalue weighted by molar-refractivity contribution is 5.80. The number of amides is 1. The summed E-state index contributed by atoms with van der Waals surface area (Å²) in [6.07, 6.45) is 5.79. The fraction of sp³-hybridized carbons (Fsp3) is 0.556. The number of nitrogens with one attached hydrogen (secondary N) is 1. The first-order chi connectivity index (χ1) is 6.25. The number of hydrogen-bond donors (Lipinski definition) is 1. The highest BCUT2D eigenvalue weighted by atomic mass is 16.2. The Hall–Kier alpha value is -1.32. The van der Waals surface area contributed by atoms with E-state index >= 15 is 0 Å². The van der Waals surface area contributed by atoms with Crippen molar-refractivity contribution < 1.29 is 4.79 Å². The Morgan fingerprint density at radius 1 is 1.77 bits per heavy atom. The maximum absolute atomic E-state index is 11.2. The number of carbonyl (C=O) groups is 1. The largest absolute Gasteiger partial charge is 0.352 e. The van der Waals surface area contributed by atoms with E-state index in [4.69, 9.17) is 0 Å². The van der Waals surface area contributed by atoms with Crippen molar-refractivity contribution in [3.63, 3.8) is 0 Å². The molecule has 0 unspecified atom stereocenters. The molecule has 1 aliphatic carbocycles. The monoisotopic (exact) mass is 179 g/mol. The summed E-state index contributed by atoms with van der Waals surface area (Å²) in [6.45, 7) is 0.600. The Morgan fingerprint density at radius 3 is 3.08 bits per heavy atom. The predicted octanol–water partition coefficient (Wildman–Crippen LogP) is 0.446. The van der Waals surface area contributed by atoms with Crippen molar-refractivity contribution in [1.29, 1.82) is 0 Å². The third-order valence-electron chi connectivity index (χ3n) is 2.17. The summed E-state index contributed by atoms with van der Waals surface area (Å²) >= 11 is 0. The van der Waals surface area contributed by atoms with Crippen LogP contribution in [-0.4, -0.2) is 15.7 Å². The quantitative estimate of drug-likeness (QED) is 0.732. The van der Waals surface area contributed by atoms with Gasteiger partial charge in [-0.05, 0) is 12.8 Å². The summed E-state index contributed by atoms with van der Waals surface area (Å²) in [7, 11) is 1.87. The van der Waals surface area contributed by atoms with Crippen LogP contribution in [0.3, 0.4) is 0 Å². The Bertz CT molecular complexity index is 314. The van der Waals surface area contributed by atoms with Gasteiger partial charge in [0.25, 0.3) is 0 Å². The minimum Gasteiger partial charge on any atom is -0.352 e. The van der Waals surface area contributed by atoms with Crippen LogP contribution in [0, 0.1) is 5.92 Å². The second-order valence-corrected chi connectivity index (χ2v) is 3.51. The molecule has 1 fully saturated rings. The zero-order valence-corrected chi connectivity index (χ0v) is 7.66. The molecule has 4 heteroatoms. The van der Waals surface area contributed by atoms with Crippen LogP contribution in [-0.2, 0) is 18.4 Å². The second kappa shape index (κ2) is 3.20. The van der Waals surface area contributed by atoms with E-state index in [9.17, 15) is 4.79 Å². The van der Waals surface area contributed by atoms with Crippen molar-refractivity contribution in [2.24, 2.45) is 13.0 Å². The van der Waals surface area contributed by atoms with Gasteiger partial charge in [-0.3, -0.25) is 9.48 Å². The van der Waals surface area contributed by atoms with Crippen molar-refractivity contribution in [2.75, 3.05) is 0 Å². The molecule has 0 atom stereocenters. The van der Waals surface area contributed by atoms with Gasteiger partial charge in [0.05, 0.1) is 6.20 Å². The molecule has 1 aliphatic rings. The number of nitrogens with zero attached hydrogens (tertiary/aromatic N) is 2. The smallest absolute Gasteiger partial charge is 0.223 e. The Balaban J connectivity index is 1.81. The van der Waals surface area contributed by atoms with Crippen molar-refractivity contribution in [2.45, 2.75) is 19.4 Å². The standard InChI is InChI=1S/C9H13N3O/c1-12-6-7(5-11-12)4-10-9(13)8-2-3-8/h5-6,8H,2-4H2,1H3,(H,10,13). The Labute approximate surface area is 76.9 Å². The van der Waals surface area contributed by atoms with Crippen LogP contribution < -0.4 is 5.32 Å². The van der Waals surface area contributed by atoms with E-state index in [1.807, 2.05) is 13.2 Å². The van der Waals surface area contributed by atoms with Crippen molar-refractivity contribution in [3.05, 3.63) is 18.0 Å². The molecule has 1 amide bonds. The number of rotatable bonds is 3. The van der Waals surface area contributed by atoms with E-state index < -0.39 is 0 Å². The van der Waals surface area contributed by atoms with E-state index in [1.165, 1.54) is 0 Å². The summed E-state index contributed by atoms with van der Waals surface area (Å²) in [5, 5.41) is 6.90. The summed E-state index contributed by atoms with van der Waals surface area (Å²) in [5.74, 6) is 0.473. The molecule has 0 spiro atoms. The van der Waals surface area contributed by atoms with Crippen LogP contribution in [0.4, 0.5) is 0 Å². The van der Waals surface area contributed by atoms with Crippen LogP contribution in [0.1, 0.15) is 18.4 Å². The van der Waals surface area contributed by atoms with Gasteiger partial charge in [-0.1, -0.05) is 0 Å². The third-order valence-corrected chi connectivity index (χ3v) is 2.17.